The molecule has 0 spiro atoms. The highest BCUT2D eigenvalue weighted by atomic mass is 16.6. The van der Waals surface area contributed by atoms with Crippen LogP contribution >= 0.6 is 0 Å². The lowest BCUT2D eigenvalue weighted by Gasteiger charge is -2.06. The second kappa shape index (κ2) is 5.71. The molecule has 90 valence electrons. The van der Waals surface area contributed by atoms with Crippen molar-refractivity contribution in [1.29, 1.82) is 0 Å². The molecule has 1 unspecified atom stereocenters. The van der Waals surface area contributed by atoms with Crippen LogP contribution in [0.15, 0.2) is 24.5 Å². The van der Waals surface area contributed by atoms with Gasteiger partial charge in [-0.25, -0.2) is 9.59 Å². The number of rotatable bonds is 5. The number of aromatic nitrogens is 1. The lowest BCUT2D eigenvalue weighted by molar-refractivity contribution is -0.164. The van der Waals surface area contributed by atoms with Gasteiger partial charge in [-0.05, 0) is 12.1 Å². The first-order chi connectivity index (χ1) is 8.02. The van der Waals surface area contributed by atoms with E-state index in [4.69, 9.17) is 10.2 Å². The molecule has 1 aromatic heterocycles. The largest absolute Gasteiger partial charge is 0.479 e. The van der Waals surface area contributed by atoms with Crippen molar-refractivity contribution < 1.29 is 29.3 Å². The van der Waals surface area contributed by atoms with Crippen molar-refractivity contribution >= 4 is 17.7 Å². The SMILES string of the molecule is O=C(COC(=O)C(O)C(=O)O)c1ccncc1. The maximum atomic E-state index is 11.4. The first-order valence-corrected chi connectivity index (χ1v) is 4.53. The minimum absolute atomic E-state index is 0.276. The standard InChI is InChI=1S/C10H9NO6/c12-7(6-1-3-11-4-2-6)5-17-10(16)8(13)9(14)15/h1-4,8,13H,5H2,(H,14,15). The number of carbonyl (C=O) groups excluding carboxylic acids is 2. The number of hydrogen-bond acceptors (Lipinski definition) is 6. The molecule has 2 N–H and O–H groups in total. The van der Waals surface area contributed by atoms with E-state index in [-0.39, 0.29) is 5.56 Å². The van der Waals surface area contributed by atoms with Crippen LogP contribution in [0, 0.1) is 0 Å². The van der Waals surface area contributed by atoms with E-state index in [0.717, 1.165) is 0 Å². The summed E-state index contributed by atoms with van der Waals surface area (Å²) in [6.07, 6.45) is 0.503. The number of carboxylic acid groups (broad SMARTS) is 1. The zero-order chi connectivity index (χ0) is 12.8. The molecule has 0 saturated heterocycles. The highest BCUT2D eigenvalue weighted by Crippen LogP contribution is 1.99. The Morgan fingerprint density at radius 3 is 2.41 bits per heavy atom. The summed E-state index contributed by atoms with van der Waals surface area (Å²) in [4.78, 5) is 36.2. The Bertz CT molecular complexity index is 430. The van der Waals surface area contributed by atoms with Crippen LogP contribution in [-0.2, 0) is 14.3 Å². The van der Waals surface area contributed by atoms with E-state index >= 15 is 0 Å². The van der Waals surface area contributed by atoms with E-state index in [1.165, 1.54) is 24.5 Å². The van der Waals surface area contributed by atoms with E-state index in [9.17, 15) is 14.4 Å². The summed E-state index contributed by atoms with van der Waals surface area (Å²) in [5.41, 5.74) is 0.276. The molecule has 1 atom stereocenters. The van der Waals surface area contributed by atoms with Gasteiger partial charge in [-0.3, -0.25) is 9.78 Å². The summed E-state index contributed by atoms with van der Waals surface area (Å²) in [7, 11) is 0. The molecule has 7 heteroatoms. The highest BCUT2D eigenvalue weighted by molar-refractivity contribution is 6.00. The van der Waals surface area contributed by atoms with Crippen LogP contribution in [0.25, 0.3) is 0 Å². The molecule has 1 aromatic rings. The van der Waals surface area contributed by atoms with Crippen LogP contribution in [-0.4, -0.2) is 45.6 Å². The van der Waals surface area contributed by atoms with Gasteiger partial charge in [-0.1, -0.05) is 0 Å². The Kier molecular flexibility index (Phi) is 4.29. The molecule has 0 bridgehead atoms. The number of pyridine rings is 1. The van der Waals surface area contributed by atoms with Crippen LogP contribution in [0.3, 0.4) is 0 Å². The van der Waals surface area contributed by atoms with Gasteiger partial charge in [0, 0.05) is 18.0 Å². The number of Topliss-reactive ketones (excluding diaryl/α,β-unsaturated/α-hetero) is 1. The number of ketones is 1. The van der Waals surface area contributed by atoms with Crippen molar-refractivity contribution in [3.05, 3.63) is 30.1 Å². The summed E-state index contributed by atoms with van der Waals surface area (Å²) in [5, 5.41) is 17.1. The number of esters is 1. The number of nitrogens with zero attached hydrogens (tertiary/aromatic N) is 1. The zero-order valence-corrected chi connectivity index (χ0v) is 8.57. The van der Waals surface area contributed by atoms with Crippen LogP contribution in [0.1, 0.15) is 10.4 Å². The van der Waals surface area contributed by atoms with Crippen molar-refractivity contribution in [2.75, 3.05) is 6.61 Å². The van der Waals surface area contributed by atoms with Crippen molar-refractivity contribution in [2.24, 2.45) is 0 Å². The average Bonchev–Trinajstić information content (AvgIpc) is 2.35. The Labute approximate surface area is 95.7 Å². The topological polar surface area (TPSA) is 114 Å². The summed E-state index contributed by atoms with van der Waals surface area (Å²) < 4.78 is 4.34. The third-order valence-corrected chi connectivity index (χ3v) is 1.80. The van der Waals surface area contributed by atoms with Gasteiger partial charge in [0.05, 0.1) is 0 Å². The third kappa shape index (κ3) is 3.65. The van der Waals surface area contributed by atoms with Crippen LogP contribution in [0.5, 0.6) is 0 Å². The van der Waals surface area contributed by atoms with E-state index in [1.54, 1.807) is 0 Å². The molecule has 0 radical (unpaired) electrons. The lowest BCUT2D eigenvalue weighted by atomic mass is 10.2. The van der Waals surface area contributed by atoms with Crippen LogP contribution < -0.4 is 0 Å². The first kappa shape index (κ1) is 12.8. The molecular formula is C10H9NO6. The number of hydrogen-bond donors (Lipinski definition) is 2. The van der Waals surface area contributed by atoms with E-state index in [2.05, 4.69) is 9.72 Å². The molecule has 17 heavy (non-hydrogen) atoms. The summed E-state index contributed by atoms with van der Waals surface area (Å²) in [6, 6.07) is 2.84. The van der Waals surface area contributed by atoms with Crippen molar-refractivity contribution in [2.45, 2.75) is 6.10 Å². The van der Waals surface area contributed by atoms with Crippen molar-refractivity contribution in [1.82, 2.24) is 4.98 Å². The van der Waals surface area contributed by atoms with Crippen molar-refractivity contribution in [3.8, 4) is 0 Å². The number of aliphatic hydroxyl groups is 1. The van der Waals surface area contributed by atoms with Gasteiger partial charge in [0.25, 0.3) is 0 Å². The third-order valence-electron chi connectivity index (χ3n) is 1.80. The zero-order valence-electron chi connectivity index (χ0n) is 8.57. The Balaban J connectivity index is 2.50. The fourth-order valence-corrected chi connectivity index (χ4v) is 0.938. The van der Waals surface area contributed by atoms with Gasteiger partial charge in [-0.15, -0.1) is 0 Å². The number of carboxylic acids is 1. The van der Waals surface area contributed by atoms with Crippen molar-refractivity contribution in [3.63, 3.8) is 0 Å². The van der Waals surface area contributed by atoms with Gasteiger partial charge < -0.3 is 14.9 Å². The monoisotopic (exact) mass is 239 g/mol. The van der Waals surface area contributed by atoms with Gasteiger partial charge in [0.15, 0.2) is 12.4 Å². The first-order valence-electron chi connectivity index (χ1n) is 4.53. The second-order valence-corrected chi connectivity index (χ2v) is 3.01. The van der Waals surface area contributed by atoms with Gasteiger partial charge in [-0.2, -0.15) is 0 Å². The Morgan fingerprint density at radius 1 is 1.29 bits per heavy atom. The number of ether oxygens (including phenoxy) is 1. The van der Waals surface area contributed by atoms with E-state index in [0.29, 0.717) is 0 Å². The number of aliphatic hydroxyl groups excluding tert-OH is 1. The minimum atomic E-state index is -2.28. The molecule has 0 aliphatic carbocycles. The highest BCUT2D eigenvalue weighted by Gasteiger charge is 2.25. The molecular weight excluding hydrogens is 230 g/mol. The number of aliphatic carboxylic acids is 1. The molecule has 0 saturated carbocycles. The molecule has 0 aliphatic rings. The quantitative estimate of drug-likeness (QED) is 0.395. The predicted octanol–water partition coefficient (Wildman–Crippen LogP) is -0.747. The maximum Gasteiger partial charge on any atom is 0.347 e. The fraction of sp³-hybridized carbons (Fsp3) is 0.200. The smallest absolute Gasteiger partial charge is 0.347 e. The summed E-state index contributed by atoms with van der Waals surface area (Å²) in [5.74, 6) is -3.62. The fourth-order valence-electron chi connectivity index (χ4n) is 0.938. The second-order valence-electron chi connectivity index (χ2n) is 3.01. The van der Waals surface area contributed by atoms with E-state index in [1.807, 2.05) is 0 Å². The lowest BCUT2D eigenvalue weighted by Crippen LogP contribution is -2.32. The van der Waals surface area contributed by atoms with Gasteiger partial charge >= 0.3 is 11.9 Å². The van der Waals surface area contributed by atoms with Gasteiger partial charge in [0.1, 0.15) is 0 Å². The minimum Gasteiger partial charge on any atom is -0.479 e. The Hall–Kier alpha value is -2.28. The van der Waals surface area contributed by atoms with E-state index < -0.39 is 30.4 Å². The molecule has 0 aliphatic heterocycles. The molecule has 0 amide bonds. The molecule has 7 nitrogen and oxygen atoms in total. The summed E-state index contributed by atoms with van der Waals surface area (Å²) in [6.45, 7) is -0.632. The van der Waals surface area contributed by atoms with Crippen LogP contribution in [0.4, 0.5) is 0 Å². The summed E-state index contributed by atoms with van der Waals surface area (Å²) >= 11 is 0. The van der Waals surface area contributed by atoms with Crippen LogP contribution in [0.2, 0.25) is 0 Å². The van der Waals surface area contributed by atoms with Gasteiger partial charge in [0.2, 0.25) is 6.10 Å². The number of carbonyl (C=O) groups is 3. The molecule has 0 aromatic carbocycles. The molecule has 1 rings (SSSR count). The molecule has 1 heterocycles. The Morgan fingerprint density at radius 2 is 1.88 bits per heavy atom. The maximum absolute atomic E-state index is 11.4. The predicted molar refractivity (Wildman–Crippen MR) is 53.2 cm³/mol. The average molecular weight is 239 g/mol. The normalized spacial score (nSPS) is 11.6. The molecule has 0 fully saturated rings.